The van der Waals surface area contributed by atoms with E-state index in [2.05, 4.69) is 18.7 Å². The van der Waals surface area contributed by atoms with Gasteiger partial charge in [-0.1, -0.05) is 0 Å². The summed E-state index contributed by atoms with van der Waals surface area (Å²) in [5.41, 5.74) is -0.505. The van der Waals surface area contributed by atoms with Crippen LogP contribution in [0.4, 0.5) is 0 Å². The summed E-state index contributed by atoms with van der Waals surface area (Å²) in [5, 5.41) is 0. The van der Waals surface area contributed by atoms with Crippen molar-refractivity contribution in [3.05, 3.63) is 0 Å². The molecular weight excluding hydrogens is 192 g/mol. The molecule has 4 nitrogen and oxygen atoms in total. The van der Waals surface area contributed by atoms with Gasteiger partial charge in [0.1, 0.15) is 6.73 Å². The number of ether oxygens (including phenoxy) is 1. The molecule has 0 saturated carbocycles. The van der Waals surface area contributed by atoms with Crippen molar-refractivity contribution in [2.75, 3.05) is 19.8 Å². The van der Waals surface area contributed by atoms with Gasteiger partial charge in [-0.25, -0.2) is 0 Å². The lowest BCUT2D eigenvalue weighted by molar-refractivity contribution is -0.157. The number of carbonyl (C=O) groups is 1. The minimum Gasteiger partial charge on any atom is -0.342 e. The molecule has 86 valence electrons. The molecule has 2 heterocycles. The van der Waals surface area contributed by atoms with Gasteiger partial charge >= 0.3 is 0 Å². The van der Waals surface area contributed by atoms with Gasteiger partial charge in [-0.3, -0.25) is 9.69 Å². The van der Waals surface area contributed by atoms with E-state index in [9.17, 15) is 4.79 Å². The largest absolute Gasteiger partial charge is 0.342 e. The molecule has 0 aliphatic carbocycles. The molecule has 0 bridgehead atoms. The third-order valence-corrected chi connectivity index (χ3v) is 3.40. The van der Waals surface area contributed by atoms with Crippen LogP contribution >= 0.6 is 0 Å². The summed E-state index contributed by atoms with van der Waals surface area (Å²) in [7, 11) is 0. The highest BCUT2D eigenvalue weighted by molar-refractivity contribution is 5.88. The summed E-state index contributed by atoms with van der Waals surface area (Å²) in [6.07, 6.45) is 0. The first-order valence-corrected chi connectivity index (χ1v) is 5.65. The third kappa shape index (κ3) is 1.56. The molecule has 2 fully saturated rings. The zero-order valence-electron chi connectivity index (χ0n) is 9.99. The lowest BCUT2D eigenvalue weighted by Gasteiger charge is -2.47. The van der Waals surface area contributed by atoms with Crippen LogP contribution in [0.15, 0.2) is 0 Å². The van der Waals surface area contributed by atoms with Gasteiger partial charge in [0.2, 0.25) is 0 Å². The lowest BCUT2D eigenvalue weighted by Crippen LogP contribution is -2.67. The van der Waals surface area contributed by atoms with Gasteiger partial charge in [0.25, 0.3) is 5.91 Å². The summed E-state index contributed by atoms with van der Waals surface area (Å²) < 4.78 is 5.68. The van der Waals surface area contributed by atoms with Gasteiger partial charge < -0.3 is 9.64 Å². The third-order valence-electron chi connectivity index (χ3n) is 3.40. The van der Waals surface area contributed by atoms with Gasteiger partial charge in [0.05, 0.1) is 0 Å². The number of hydrogen-bond acceptors (Lipinski definition) is 3. The van der Waals surface area contributed by atoms with Crippen LogP contribution in [0.3, 0.4) is 0 Å². The van der Waals surface area contributed by atoms with E-state index in [1.165, 1.54) is 0 Å². The Balaban J connectivity index is 2.00. The molecule has 15 heavy (non-hydrogen) atoms. The number of nitrogens with zero attached hydrogens (tertiary/aromatic N) is 2. The Morgan fingerprint density at radius 1 is 1.20 bits per heavy atom. The van der Waals surface area contributed by atoms with Crippen molar-refractivity contribution in [2.45, 2.75) is 45.4 Å². The van der Waals surface area contributed by atoms with Gasteiger partial charge in [-0.15, -0.1) is 0 Å². The molecule has 0 unspecified atom stereocenters. The molecule has 0 aromatic carbocycles. The molecule has 2 rings (SSSR count). The van der Waals surface area contributed by atoms with Crippen molar-refractivity contribution in [1.82, 2.24) is 9.80 Å². The molecule has 0 aromatic rings. The maximum atomic E-state index is 12.1. The SMILES string of the molecule is CC(C)N1CC2(C1)OCN(C(C)C)C2=O. The normalized spacial score (nSPS) is 25.7. The second-order valence-corrected chi connectivity index (χ2v) is 5.14. The van der Waals surface area contributed by atoms with Crippen molar-refractivity contribution < 1.29 is 9.53 Å². The van der Waals surface area contributed by atoms with Crippen LogP contribution < -0.4 is 0 Å². The second kappa shape index (κ2) is 3.46. The number of amides is 1. The first kappa shape index (κ1) is 10.9. The van der Waals surface area contributed by atoms with E-state index in [0.717, 1.165) is 13.1 Å². The molecular formula is C11H20N2O2. The highest BCUT2D eigenvalue weighted by Crippen LogP contribution is 2.34. The summed E-state index contributed by atoms with van der Waals surface area (Å²) in [5.74, 6) is 0.175. The smallest absolute Gasteiger partial charge is 0.259 e. The molecule has 1 amide bonds. The van der Waals surface area contributed by atoms with Crippen molar-refractivity contribution in [1.29, 1.82) is 0 Å². The summed E-state index contributed by atoms with van der Waals surface area (Å²) in [4.78, 5) is 16.2. The van der Waals surface area contributed by atoms with Crippen molar-refractivity contribution >= 4 is 5.91 Å². The Bertz CT molecular complexity index is 270. The molecule has 2 aliphatic rings. The number of hydrogen-bond donors (Lipinski definition) is 0. The predicted octanol–water partition coefficient (Wildman–Crippen LogP) is 0.674. The fraction of sp³-hybridized carbons (Fsp3) is 0.909. The monoisotopic (exact) mass is 212 g/mol. The molecule has 2 saturated heterocycles. The number of rotatable bonds is 2. The standard InChI is InChI=1S/C11H20N2O2/c1-8(2)12-5-11(6-12)10(14)13(7-15-11)9(3)4/h8-9H,5-7H2,1-4H3. The molecule has 2 aliphatic heterocycles. The lowest BCUT2D eigenvalue weighted by atomic mass is 9.91. The molecule has 1 spiro atoms. The molecule has 0 radical (unpaired) electrons. The van der Waals surface area contributed by atoms with Gasteiger partial charge in [-0.05, 0) is 27.7 Å². The van der Waals surface area contributed by atoms with Crippen LogP contribution in [0.1, 0.15) is 27.7 Å². The van der Waals surface area contributed by atoms with Crippen LogP contribution in [-0.4, -0.2) is 53.2 Å². The zero-order valence-corrected chi connectivity index (χ0v) is 9.99. The van der Waals surface area contributed by atoms with Crippen LogP contribution in [0.25, 0.3) is 0 Å². The van der Waals surface area contributed by atoms with E-state index in [4.69, 9.17) is 4.74 Å². The Kier molecular flexibility index (Phi) is 2.51. The average molecular weight is 212 g/mol. The molecule has 4 heteroatoms. The highest BCUT2D eigenvalue weighted by Gasteiger charge is 2.57. The van der Waals surface area contributed by atoms with Crippen molar-refractivity contribution in [3.63, 3.8) is 0 Å². The Hall–Kier alpha value is -0.610. The van der Waals surface area contributed by atoms with Crippen LogP contribution in [0.5, 0.6) is 0 Å². The minimum atomic E-state index is -0.505. The quantitative estimate of drug-likeness (QED) is 0.674. The number of carbonyl (C=O) groups excluding carboxylic acids is 1. The topological polar surface area (TPSA) is 32.8 Å². The van der Waals surface area contributed by atoms with Crippen LogP contribution in [-0.2, 0) is 9.53 Å². The highest BCUT2D eigenvalue weighted by atomic mass is 16.5. The Labute approximate surface area is 91.2 Å². The van der Waals surface area contributed by atoms with Crippen molar-refractivity contribution in [2.24, 2.45) is 0 Å². The zero-order chi connectivity index (χ0) is 11.2. The van der Waals surface area contributed by atoms with Gasteiger partial charge in [-0.2, -0.15) is 0 Å². The van der Waals surface area contributed by atoms with E-state index in [1.54, 1.807) is 0 Å². The Morgan fingerprint density at radius 2 is 1.80 bits per heavy atom. The van der Waals surface area contributed by atoms with Crippen molar-refractivity contribution in [3.8, 4) is 0 Å². The van der Waals surface area contributed by atoms with E-state index < -0.39 is 5.60 Å². The predicted molar refractivity (Wildman–Crippen MR) is 57.4 cm³/mol. The molecule has 0 atom stereocenters. The summed E-state index contributed by atoms with van der Waals surface area (Å²) in [6, 6.07) is 0.741. The summed E-state index contributed by atoms with van der Waals surface area (Å²) in [6.45, 7) is 10.3. The maximum absolute atomic E-state index is 12.1. The van der Waals surface area contributed by atoms with E-state index in [1.807, 2.05) is 18.7 Å². The average Bonchev–Trinajstić information content (AvgIpc) is 2.39. The van der Waals surface area contributed by atoms with E-state index >= 15 is 0 Å². The summed E-state index contributed by atoms with van der Waals surface area (Å²) >= 11 is 0. The fourth-order valence-corrected chi connectivity index (χ4v) is 2.16. The molecule has 0 aromatic heterocycles. The Morgan fingerprint density at radius 3 is 2.20 bits per heavy atom. The first-order chi connectivity index (χ1) is 6.96. The maximum Gasteiger partial charge on any atom is 0.259 e. The van der Waals surface area contributed by atoms with E-state index in [-0.39, 0.29) is 11.9 Å². The van der Waals surface area contributed by atoms with Crippen LogP contribution in [0, 0.1) is 0 Å². The first-order valence-electron chi connectivity index (χ1n) is 5.65. The minimum absolute atomic E-state index is 0.175. The fourth-order valence-electron chi connectivity index (χ4n) is 2.16. The second-order valence-electron chi connectivity index (χ2n) is 5.14. The van der Waals surface area contributed by atoms with Crippen LogP contribution in [0.2, 0.25) is 0 Å². The molecule has 0 N–H and O–H groups in total. The van der Waals surface area contributed by atoms with E-state index in [0.29, 0.717) is 12.8 Å². The van der Waals surface area contributed by atoms with Gasteiger partial charge in [0.15, 0.2) is 5.60 Å². The number of likely N-dealkylation sites (tertiary alicyclic amines) is 1. The van der Waals surface area contributed by atoms with Gasteiger partial charge in [0, 0.05) is 25.2 Å².